The molecule has 1 aromatic carbocycles. The Kier molecular flexibility index (Phi) is 4.87. The van der Waals surface area contributed by atoms with Crippen LogP contribution in [0.1, 0.15) is 32.7 Å². The quantitative estimate of drug-likeness (QED) is 0.878. The first-order valence-corrected chi connectivity index (χ1v) is 7.41. The number of hydrazine groups is 1. The zero-order valence-corrected chi connectivity index (χ0v) is 14.2. The number of nitrogens with one attached hydrogen (secondary N) is 1. The molecule has 1 aromatic heterocycles. The zero-order valence-electron chi connectivity index (χ0n) is 13.4. The maximum atomic E-state index is 12.3. The number of pyridine rings is 1. The van der Waals surface area contributed by atoms with Crippen molar-refractivity contribution in [2.75, 3.05) is 12.1 Å². The van der Waals surface area contributed by atoms with Gasteiger partial charge in [-0.25, -0.2) is 4.98 Å². The summed E-state index contributed by atoms with van der Waals surface area (Å²) in [6.07, 6.45) is 0. The summed E-state index contributed by atoms with van der Waals surface area (Å²) in [5.41, 5.74) is 5.92. The molecule has 0 aliphatic carbocycles. The lowest BCUT2D eigenvalue weighted by Gasteiger charge is -2.22. The lowest BCUT2D eigenvalue weighted by molar-refractivity contribution is 0.0951. The molecule has 23 heavy (non-hydrogen) atoms. The number of rotatable bonds is 3. The highest BCUT2D eigenvalue weighted by atomic mass is 35.5. The zero-order chi connectivity index (χ0) is 17.1. The molecule has 1 heterocycles. The molecule has 0 radical (unpaired) electrons. The van der Waals surface area contributed by atoms with Crippen molar-refractivity contribution in [1.29, 1.82) is 5.26 Å². The van der Waals surface area contributed by atoms with Gasteiger partial charge >= 0.3 is 0 Å². The van der Waals surface area contributed by atoms with Gasteiger partial charge in [-0.2, -0.15) is 5.26 Å². The summed E-state index contributed by atoms with van der Waals surface area (Å²) in [5.74, 6) is 0.0933. The van der Waals surface area contributed by atoms with E-state index in [4.69, 9.17) is 11.6 Å². The first-order valence-electron chi connectivity index (χ1n) is 7.03. The molecule has 0 aliphatic rings. The molecule has 0 bridgehead atoms. The molecule has 0 atom stereocenters. The molecule has 2 rings (SSSR count). The number of nitriles is 1. The van der Waals surface area contributed by atoms with Crippen molar-refractivity contribution < 1.29 is 4.79 Å². The van der Waals surface area contributed by atoms with Gasteiger partial charge in [0.05, 0.1) is 10.7 Å². The Morgan fingerprint density at radius 1 is 1.26 bits per heavy atom. The number of carbonyl (C=O) groups excluding carboxylic acids is 1. The van der Waals surface area contributed by atoms with Crippen LogP contribution in [0.4, 0.5) is 5.82 Å². The van der Waals surface area contributed by atoms with Crippen LogP contribution >= 0.6 is 11.6 Å². The Bertz CT molecular complexity index is 794. The largest absolute Gasteiger partial charge is 0.270 e. The second-order valence-corrected chi connectivity index (χ2v) is 5.69. The molecule has 2 aromatic rings. The predicted octanol–water partition coefficient (Wildman–Crippen LogP) is 3.31. The minimum Gasteiger partial charge on any atom is -0.270 e. The van der Waals surface area contributed by atoms with Gasteiger partial charge < -0.3 is 0 Å². The normalized spacial score (nSPS) is 10.1. The van der Waals surface area contributed by atoms with E-state index in [2.05, 4.69) is 16.5 Å². The van der Waals surface area contributed by atoms with Crippen molar-refractivity contribution in [3.05, 3.63) is 57.2 Å². The average molecular weight is 329 g/mol. The molecule has 118 valence electrons. The molecule has 1 amide bonds. The van der Waals surface area contributed by atoms with E-state index in [1.54, 1.807) is 33.0 Å². The minimum atomic E-state index is -0.275. The Hall–Kier alpha value is -2.58. The van der Waals surface area contributed by atoms with Crippen LogP contribution in [0, 0.1) is 32.1 Å². The van der Waals surface area contributed by atoms with E-state index in [-0.39, 0.29) is 5.91 Å². The van der Waals surface area contributed by atoms with Crippen molar-refractivity contribution in [1.82, 2.24) is 10.4 Å². The maximum absolute atomic E-state index is 12.3. The van der Waals surface area contributed by atoms with Crippen LogP contribution in [0.15, 0.2) is 24.3 Å². The van der Waals surface area contributed by atoms with Gasteiger partial charge in [0.25, 0.3) is 5.91 Å². The molecule has 0 saturated heterocycles. The Labute approximate surface area is 140 Å². The monoisotopic (exact) mass is 328 g/mol. The molecule has 1 N–H and O–H groups in total. The smallest absolute Gasteiger partial charge is 0.269 e. The van der Waals surface area contributed by atoms with E-state index in [9.17, 15) is 10.1 Å². The van der Waals surface area contributed by atoms with E-state index in [1.807, 2.05) is 19.1 Å². The van der Waals surface area contributed by atoms with Crippen LogP contribution in [-0.2, 0) is 0 Å². The summed E-state index contributed by atoms with van der Waals surface area (Å²) >= 11 is 6.14. The van der Waals surface area contributed by atoms with Crippen molar-refractivity contribution in [3.8, 4) is 6.07 Å². The van der Waals surface area contributed by atoms with Gasteiger partial charge in [-0.1, -0.05) is 29.3 Å². The molecule has 6 heteroatoms. The third-order valence-electron chi connectivity index (χ3n) is 3.53. The lowest BCUT2D eigenvalue weighted by atomic mass is 10.1. The Morgan fingerprint density at radius 3 is 2.43 bits per heavy atom. The van der Waals surface area contributed by atoms with Gasteiger partial charge in [-0.3, -0.25) is 15.2 Å². The second kappa shape index (κ2) is 6.67. The third kappa shape index (κ3) is 3.43. The average Bonchev–Trinajstić information content (AvgIpc) is 2.52. The summed E-state index contributed by atoms with van der Waals surface area (Å²) in [4.78, 5) is 16.6. The topological polar surface area (TPSA) is 69.0 Å². The summed E-state index contributed by atoms with van der Waals surface area (Å²) in [5, 5.41) is 11.3. The van der Waals surface area contributed by atoms with E-state index >= 15 is 0 Å². The SMILES string of the molecule is Cc1ccc(C(=O)NN(C)c2nc(C)c(Cl)c(C)c2C#N)cc1. The minimum absolute atomic E-state index is 0.275. The van der Waals surface area contributed by atoms with Gasteiger partial charge in [0.1, 0.15) is 11.6 Å². The third-order valence-corrected chi connectivity index (χ3v) is 4.09. The number of hydrogen-bond acceptors (Lipinski definition) is 4. The van der Waals surface area contributed by atoms with Crippen LogP contribution in [-0.4, -0.2) is 17.9 Å². The van der Waals surface area contributed by atoms with Crippen LogP contribution in [0.5, 0.6) is 0 Å². The van der Waals surface area contributed by atoms with E-state index in [0.717, 1.165) is 5.56 Å². The van der Waals surface area contributed by atoms with Gasteiger partial charge in [0, 0.05) is 12.6 Å². The second-order valence-electron chi connectivity index (χ2n) is 5.31. The standard InChI is InChI=1S/C17H17ClN4O/c1-10-5-7-13(8-6-10)17(23)21-22(4)16-14(9-19)11(2)15(18)12(3)20-16/h5-8H,1-4H3,(H,21,23). The number of aromatic nitrogens is 1. The highest BCUT2D eigenvalue weighted by molar-refractivity contribution is 6.32. The molecule has 0 unspecified atom stereocenters. The van der Waals surface area contributed by atoms with Crippen molar-refractivity contribution in [3.63, 3.8) is 0 Å². The summed E-state index contributed by atoms with van der Waals surface area (Å²) < 4.78 is 0. The van der Waals surface area contributed by atoms with Gasteiger partial charge in [0.15, 0.2) is 5.82 Å². The summed E-state index contributed by atoms with van der Waals surface area (Å²) in [6.45, 7) is 5.47. The molecule has 0 aliphatic heterocycles. The number of carbonyl (C=O) groups is 1. The lowest BCUT2D eigenvalue weighted by Crippen LogP contribution is -2.40. The van der Waals surface area contributed by atoms with E-state index in [1.165, 1.54) is 5.01 Å². The molecule has 0 fully saturated rings. The maximum Gasteiger partial charge on any atom is 0.269 e. The Morgan fingerprint density at radius 2 is 1.87 bits per heavy atom. The molecule has 0 saturated carbocycles. The Balaban J connectivity index is 2.31. The van der Waals surface area contributed by atoms with Crippen molar-refractivity contribution >= 4 is 23.3 Å². The molecule has 5 nitrogen and oxygen atoms in total. The van der Waals surface area contributed by atoms with Gasteiger partial charge in [-0.05, 0) is 38.5 Å². The molecular formula is C17H17ClN4O. The highest BCUT2D eigenvalue weighted by Crippen LogP contribution is 2.27. The van der Waals surface area contributed by atoms with Gasteiger partial charge in [-0.15, -0.1) is 0 Å². The first kappa shape index (κ1) is 16.8. The number of hydrogen-bond donors (Lipinski definition) is 1. The summed E-state index contributed by atoms with van der Waals surface area (Å²) in [6, 6.07) is 9.32. The first-order chi connectivity index (χ1) is 10.8. The fourth-order valence-electron chi connectivity index (χ4n) is 2.16. The number of amides is 1. The molecule has 0 spiro atoms. The van der Waals surface area contributed by atoms with Crippen LogP contribution in [0.2, 0.25) is 5.02 Å². The number of aryl methyl sites for hydroxylation is 2. The van der Waals surface area contributed by atoms with E-state index < -0.39 is 0 Å². The number of benzene rings is 1. The van der Waals surface area contributed by atoms with Crippen LogP contribution in [0.3, 0.4) is 0 Å². The number of anilines is 1. The molecular weight excluding hydrogens is 312 g/mol. The van der Waals surface area contributed by atoms with Crippen LogP contribution in [0.25, 0.3) is 0 Å². The number of nitrogens with zero attached hydrogens (tertiary/aromatic N) is 3. The number of halogens is 1. The van der Waals surface area contributed by atoms with Crippen LogP contribution < -0.4 is 10.4 Å². The van der Waals surface area contributed by atoms with Crippen molar-refractivity contribution in [2.24, 2.45) is 0 Å². The van der Waals surface area contributed by atoms with Crippen molar-refractivity contribution in [2.45, 2.75) is 20.8 Å². The fourth-order valence-corrected chi connectivity index (χ4v) is 2.30. The predicted molar refractivity (Wildman–Crippen MR) is 90.5 cm³/mol. The van der Waals surface area contributed by atoms with Gasteiger partial charge in [0.2, 0.25) is 0 Å². The highest BCUT2D eigenvalue weighted by Gasteiger charge is 2.18. The van der Waals surface area contributed by atoms with E-state index in [0.29, 0.717) is 33.2 Å². The fraction of sp³-hybridized carbons (Fsp3) is 0.235. The summed E-state index contributed by atoms with van der Waals surface area (Å²) in [7, 11) is 1.64.